The van der Waals surface area contributed by atoms with Crippen LogP contribution < -0.4 is 5.32 Å². The van der Waals surface area contributed by atoms with Crippen LogP contribution in [0.25, 0.3) is 0 Å². The van der Waals surface area contributed by atoms with E-state index in [9.17, 15) is 0 Å². The lowest BCUT2D eigenvalue weighted by Crippen LogP contribution is -2.49. The Morgan fingerprint density at radius 1 is 1.22 bits per heavy atom. The largest absolute Gasteiger partial charge is 0.314 e. The van der Waals surface area contributed by atoms with Crippen LogP contribution in [0.2, 0.25) is 10.0 Å². The molecule has 1 aromatic carbocycles. The second kappa shape index (κ2) is 5.79. The lowest BCUT2D eigenvalue weighted by molar-refractivity contribution is 0.146. The van der Waals surface area contributed by atoms with E-state index < -0.39 is 0 Å². The van der Waals surface area contributed by atoms with E-state index in [-0.39, 0.29) is 0 Å². The van der Waals surface area contributed by atoms with E-state index in [4.69, 9.17) is 23.2 Å². The molecule has 2 nitrogen and oxygen atoms in total. The molecule has 18 heavy (non-hydrogen) atoms. The fourth-order valence-corrected chi connectivity index (χ4v) is 2.67. The average molecular weight is 287 g/mol. The summed E-state index contributed by atoms with van der Waals surface area (Å²) in [5.41, 5.74) is 1.53. The van der Waals surface area contributed by atoms with E-state index in [2.05, 4.69) is 30.3 Å². The first-order chi connectivity index (χ1) is 8.52. The van der Waals surface area contributed by atoms with E-state index in [1.54, 1.807) is 0 Å². The van der Waals surface area contributed by atoms with E-state index in [0.717, 1.165) is 19.6 Å². The molecule has 1 aliphatic rings. The number of rotatable bonds is 3. The van der Waals surface area contributed by atoms with Gasteiger partial charge in [0.1, 0.15) is 0 Å². The summed E-state index contributed by atoms with van der Waals surface area (Å²) in [7, 11) is 2.05. The number of halogens is 2. The van der Waals surface area contributed by atoms with Crippen molar-refractivity contribution in [2.75, 3.05) is 20.1 Å². The molecule has 2 rings (SSSR count). The molecule has 0 atom stereocenters. The van der Waals surface area contributed by atoms with Gasteiger partial charge < -0.3 is 5.32 Å². The second-order valence-corrected chi connectivity index (χ2v) is 6.15. The van der Waals surface area contributed by atoms with Crippen molar-refractivity contribution in [2.45, 2.75) is 31.8 Å². The summed E-state index contributed by atoms with van der Waals surface area (Å²) in [6.07, 6.45) is 2.37. The van der Waals surface area contributed by atoms with Gasteiger partial charge in [0.05, 0.1) is 10.0 Å². The van der Waals surface area contributed by atoms with Crippen LogP contribution in [0, 0.1) is 0 Å². The van der Waals surface area contributed by atoms with Crippen LogP contribution in [0.15, 0.2) is 18.2 Å². The van der Waals surface area contributed by atoms with Gasteiger partial charge in [0, 0.05) is 25.2 Å². The topological polar surface area (TPSA) is 15.3 Å². The maximum Gasteiger partial charge on any atom is 0.0595 e. The van der Waals surface area contributed by atoms with E-state index in [1.807, 2.05) is 12.1 Å². The molecular weight excluding hydrogens is 267 g/mol. The Kier molecular flexibility index (Phi) is 4.54. The molecule has 0 aliphatic carbocycles. The van der Waals surface area contributed by atoms with Crippen LogP contribution in [-0.2, 0) is 6.54 Å². The molecule has 0 saturated carbocycles. The van der Waals surface area contributed by atoms with Crippen LogP contribution in [-0.4, -0.2) is 30.6 Å². The first-order valence-electron chi connectivity index (χ1n) is 6.38. The molecule has 1 aromatic rings. The van der Waals surface area contributed by atoms with Crippen molar-refractivity contribution in [3.05, 3.63) is 33.8 Å². The highest BCUT2D eigenvalue weighted by atomic mass is 35.5. The maximum absolute atomic E-state index is 6.04. The normalized spacial score (nSPS) is 20.0. The van der Waals surface area contributed by atoms with Crippen molar-refractivity contribution in [1.82, 2.24) is 10.2 Å². The summed E-state index contributed by atoms with van der Waals surface area (Å²) in [5, 5.41) is 4.69. The molecule has 0 amide bonds. The summed E-state index contributed by atoms with van der Waals surface area (Å²) in [6.45, 7) is 5.50. The minimum atomic E-state index is 0.300. The highest BCUT2D eigenvalue weighted by Gasteiger charge is 2.27. The van der Waals surface area contributed by atoms with Gasteiger partial charge in [0.15, 0.2) is 0 Å². The van der Waals surface area contributed by atoms with Crippen LogP contribution in [0.4, 0.5) is 0 Å². The van der Waals surface area contributed by atoms with Gasteiger partial charge in [-0.25, -0.2) is 0 Å². The average Bonchev–Trinajstić information content (AvgIpc) is 2.37. The van der Waals surface area contributed by atoms with Crippen molar-refractivity contribution in [1.29, 1.82) is 0 Å². The van der Waals surface area contributed by atoms with Crippen molar-refractivity contribution in [2.24, 2.45) is 0 Å². The first kappa shape index (κ1) is 14.1. The Labute approximate surface area is 119 Å². The van der Waals surface area contributed by atoms with Gasteiger partial charge in [-0.2, -0.15) is 0 Å². The summed E-state index contributed by atoms with van der Waals surface area (Å²) in [4.78, 5) is 2.47. The number of hydrogen-bond donors (Lipinski definition) is 1. The van der Waals surface area contributed by atoms with Gasteiger partial charge >= 0.3 is 0 Å². The number of benzene rings is 1. The van der Waals surface area contributed by atoms with E-state index in [1.165, 1.54) is 18.4 Å². The molecule has 0 spiro atoms. The summed E-state index contributed by atoms with van der Waals surface area (Å²) < 4.78 is 0. The van der Waals surface area contributed by atoms with Crippen molar-refractivity contribution in [3.8, 4) is 0 Å². The van der Waals surface area contributed by atoms with E-state index in [0.29, 0.717) is 15.6 Å². The van der Waals surface area contributed by atoms with E-state index >= 15 is 0 Å². The molecule has 0 bridgehead atoms. The van der Waals surface area contributed by atoms with Crippen molar-refractivity contribution >= 4 is 23.2 Å². The molecule has 1 heterocycles. The number of nitrogens with zero attached hydrogens (tertiary/aromatic N) is 1. The van der Waals surface area contributed by atoms with Gasteiger partial charge in [-0.3, -0.25) is 4.90 Å². The lowest BCUT2D eigenvalue weighted by Gasteiger charge is -2.39. The third kappa shape index (κ3) is 3.39. The Balaban J connectivity index is 1.93. The zero-order valence-corrected chi connectivity index (χ0v) is 12.5. The Hall–Kier alpha value is -0.280. The molecule has 4 heteroatoms. The molecular formula is C14H20Cl2N2. The van der Waals surface area contributed by atoms with Crippen LogP contribution in [0.1, 0.15) is 25.3 Å². The van der Waals surface area contributed by atoms with Gasteiger partial charge in [-0.1, -0.05) is 29.3 Å². The second-order valence-electron chi connectivity index (χ2n) is 5.34. The zero-order valence-electron chi connectivity index (χ0n) is 11.0. The highest BCUT2D eigenvalue weighted by molar-refractivity contribution is 6.42. The van der Waals surface area contributed by atoms with Gasteiger partial charge in [-0.05, 0) is 44.5 Å². The van der Waals surface area contributed by atoms with Gasteiger partial charge in [0.2, 0.25) is 0 Å². The monoisotopic (exact) mass is 286 g/mol. The third-order valence-corrected chi connectivity index (χ3v) is 4.69. The molecule has 0 aromatic heterocycles. The smallest absolute Gasteiger partial charge is 0.0595 e. The molecule has 1 aliphatic heterocycles. The predicted octanol–water partition coefficient (Wildman–Crippen LogP) is 3.57. The number of hydrogen-bond acceptors (Lipinski definition) is 2. The molecule has 100 valence electrons. The minimum Gasteiger partial charge on any atom is -0.314 e. The Morgan fingerprint density at radius 2 is 1.89 bits per heavy atom. The Morgan fingerprint density at radius 3 is 2.44 bits per heavy atom. The minimum absolute atomic E-state index is 0.300. The molecule has 1 saturated heterocycles. The van der Waals surface area contributed by atoms with Crippen LogP contribution in [0.5, 0.6) is 0 Å². The molecule has 1 N–H and O–H groups in total. The SMILES string of the molecule is CNC1(C)CCN(Cc2ccc(Cl)c(Cl)c2)CC1. The van der Waals surface area contributed by atoms with Crippen molar-refractivity contribution < 1.29 is 0 Å². The van der Waals surface area contributed by atoms with Gasteiger partial charge in [0.25, 0.3) is 0 Å². The van der Waals surface area contributed by atoms with Gasteiger partial charge in [-0.15, -0.1) is 0 Å². The maximum atomic E-state index is 6.04. The van der Waals surface area contributed by atoms with Crippen LogP contribution in [0.3, 0.4) is 0 Å². The first-order valence-corrected chi connectivity index (χ1v) is 7.13. The summed E-state index contributed by atoms with van der Waals surface area (Å²) in [5.74, 6) is 0. The molecule has 0 radical (unpaired) electrons. The molecule has 0 unspecified atom stereocenters. The fourth-order valence-electron chi connectivity index (χ4n) is 2.35. The van der Waals surface area contributed by atoms with Crippen LogP contribution >= 0.6 is 23.2 Å². The third-order valence-electron chi connectivity index (χ3n) is 3.95. The zero-order chi connectivity index (χ0) is 13.2. The number of piperidine rings is 1. The predicted molar refractivity (Wildman–Crippen MR) is 78.4 cm³/mol. The molecule has 1 fully saturated rings. The number of likely N-dealkylation sites (tertiary alicyclic amines) is 1. The van der Waals surface area contributed by atoms with Crippen molar-refractivity contribution in [3.63, 3.8) is 0 Å². The fraction of sp³-hybridized carbons (Fsp3) is 0.571. The highest BCUT2D eigenvalue weighted by Crippen LogP contribution is 2.25. The number of nitrogens with one attached hydrogen (secondary N) is 1. The summed E-state index contributed by atoms with van der Waals surface area (Å²) in [6, 6.07) is 5.90. The Bertz CT molecular complexity index is 412. The quantitative estimate of drug-likeness (QED) is 0.914. The standard InChI is InChI=1S/C14H20Cl2N2/c1-14(17-2)5-7-18(8-6-14)10-11-3-4-12(15)13(16)9-11/h3-4,9,17H,5-8,10H2,1-2H3. The summed E-state index contributed by atoms with van der Waals surface area (Å²) >= 11 is 12.0. The lowest BCUT2D eigenvalue weighted by atomic mass is 9.90.